The van der Waals surface area contributed by atoms with Crippen molar-refractivity contribution in [3.05, 3.63) is 113 Å². The molecule has 0 aromatic heterocycles. The predicted octanol–water partition coefficient (Wildman–Crippen LogP) is 6.95. The van der Waals surface area contributed by atoms with E-state index in [0.29, 0.717) is 23.3 Å². The summed E-state index contributed by atoms with van der Waals surface area (Å²) < 4.78 is 12.0. The van der Waals surface area contributed by atoms with Gasteiger partial charge in [-0.25, -0.2) is 9.69 Å². The molecule has 3 aromatic carbocycles. The Bertz CT molecular complexity index is 1630. The summed E-state index contributed by atoms with van der Waals surface area (Å²) in [4.78, 5) is 43.3. The van der Waals surface area contributed by atoms with Crippen LogP contribution in [0.5, 0.6) is 0 Å². The maximum Gasteiger partial charge on any atom is 0.417 e. The third-order valence-corrected chi connectivity index (χ3v) is 8.24. The smallest absolute Gasteiger partial charge is 0.417 e. The Labute approximate surface area is 246 Å². The lowest BCUT2D eigenvalue weighted by Gasteiger charge is -2.27. The summed E-state index contributed by atoms with van der Waals surface area (Å²) in [5.74, 6) is -0.860. The molecule has 0 saturated carbocycles. The molecule has 7 nitrogen and oxygen atoms in total. The second-order valence-corrected chi connectivity index (χ2v) is 12.1. The van der Waals surface area contributed by atoms with E-state index in [0.717, 1.165) is 27.8 Å². The molecule has 0 bridgehead atoms. The van der Waals surface area contributed by atoms with Crippen molar-refractivity contribution in [1.82, 2.24) is 4.90 Å². The van der Waals surface area contributed by atoms with Crippen LogP contribution in [0.15, 0.2) is 102 Å². The van der Waals surface area contributed by atoms with Gasteiger partial charge in [0.1, 0.15) is 5.60 Å². The van der Waals surface area contributed by atoms with Crippen molar-refractivity contribution < 1.29 is 23.9 Å². The Balaban J connectivity index is 1.32. The van der Waals surface area contributed by atoms with Gasteiger partial charge in [-0.05, 0) is 81.0 Å². The first kappa shape index (κ1) is 27.5. The molecule has 3 amide bonds. The van der Waals surface area contributed by atoms with Gasteiger partial charge in [-0.1, -0.05) is 66.7 Å². The van der Waals surface area contributed by atoms with E-state index in [9.17, 15) is 14.4 Å². The number of rotatable bonds is 4. The van der Waals surface area contributed by atoms with Crippen LogP contribution in [-0.2, 0) is 25.5 Å². The molecule has 2 heterocycles. The van der Waals surface area contributed by atoms with Gasteiger partial charge in [-0.15, -0.1) is 0 Å². The van der Waals surface area contributed by atoms with Crippen LogP contribution in [0.25, 0.3) is 11.1 Å². The Morgan fingerprint density at radius 1 is 0.857 bits per heavy atom. The van der Waals surface area contributed by atoms with Crippen LogP contribution in [0.3, 0.4) is 0 Å². The molecular weight excluding hydrogens is 528 g/mol. The largest absolute Gasteiger partial charge is 0.473 e. The topological polar surface area (TPSA) is 76.2 Å². The molecule has 1 aliphatic carbocycles. The Kier molecular flexibility index (Phi) is 6.76. The van der Waals surface area contributed by atoms with E-state index in [-0.39, 0.29) is 11.8 Å². The Hall–Kier alpha value is -4.65. The maximum atomic E-state index is 13.8. The summed E-state index contributed by atoms with van der Waals surface area (Å²) in [6.45, 7) is 8.99. The standard InChI is InChI=1S/C35H34N2O5/c1-21-22(2)33(36(31(21)38)26-17-15-24(16-18-26)23-11-7-6-8-12-23)41-20-29-28-19-25-13-9-10-14-27(25)30(28)37(32(29)39)34(40)42-35(3,4)5/h6-18,20,28,30,33H,19H2,1-5H3. The van der Waals surface area contributed by atoms with Crippen molar-refractivity contribution in [3.63, 3.8) is 0 Å². The summed E-state index contributed by atoms with van der Waals surface area (Å²) in [7, 11) is 0. The van der Waals surface area contributed by atoms with Gasteiger partial charge in [-0.3, -0.25) is 14.5 Å². The SMILES string of the molecule is CC1=C(C)C(OC=C2C(=O)N(C(=O)OC(C)(C)C)C3c4ccccc4CC23)N(c2ccc(-c3ccccc3)cc2)C1=O. The molecule has 3 unspecified atom stereocenters. The summed E-state index contributed by atoms with van der Waals surface area (Å²) in [5, 5.41) is 0. The minimum absolute atomic E-state index is 0.150. The second kappa shape index (κ2) is 10.3. The molecule has 1 saturated heterocycles. The molecule has 0 N–H and O–H groups in total. The fourth-order valence-electron chi connectivity index (χ4n) is 6.08. The number of anilines is 1. The Morgan fingerprint density at radius 2 is 1.50 bits per heavy atom. The first-order chi connectivity index (χ1) is 20.0. The van der Waals surface area contributed by atoms with E-state index in [1.807, 2.05) is 85.8 Å². The summed E-state index contributed by atoms with van der Waals surface area (Å²) >= 11 is 0. The number of nitrogens with zero attached hydrogens (tertiary/aromatic N) is 2. The predicted molar refractivity (Wildman–Crippen MR) is 160 cm³/mol. The van der Waals surface area contributed by atoms with Crippen LogP contribution in [0.2, 0.25) is 0 Å². The molecule has 3 aromatic rings. The first-order valence-corrected chi connectivity index (χ1v) is 14.2. The van der Waals surface area contributed by atoms with Crippen molar-refractivity contribution in [1.29, 1.82) is 0 Å². The van der Waals surface area contributed by atoms with Crippen molar-refractivity contribution >= 4 is 23.6 Å². The molecule has 0 spiro atoms. The molecule has 214 valence electrons. The molecular formula is C35H34N2O5. The fraction of sp³-hybridized carbons (Fsp3) is 0.286. The van der Waals surface area contributed by atoms with Crippen LogP contribution >= 0.6 is 0 Å². The molecule has 1 fully saturated rings. The van der Waals surface area contributed by atoms with E-state index in [4.69, 9.17) is 9.47 Å². The highest BCUT2D eigenvalue weighted by atomic mass is 16.6. The zero-order chi connectivity index (χ0) is 29.8. The number of carbonyl (C=O) groups excluding carboxylic acids is 3. The van der Waals surface area contributed by atoms with Gasteiger partial charge in [0.2, 0.25) is 6.23 Å². The van der Waals surface area contributed by atoms with Crippen LogP contribution in [0.4, 0.5) is 10.5 Å². The van der Waals surface area contributed by atoms with E-state index < -0.39 is 29.9 Å². The number of likely N-dealkylation sites (tertiary alicyclic amines) is 1. The van der Waals surface area contributed by atoms with Crippen molar-refractivity contribution in [2.24, 2.45) is 5.92 Å². The zero-order valence-electron chi connectivity index (χ0n) is 24.5. The van der Waals surface area contributed by atoms with Gasteiger partial charge >= 0.3 is 6.09 Å². The number of hydrogen-bond donors (Lipinski definition) is 0. The van der Waals surface area contributed by atoms with Gasteiger partial charge in [-0.2, -0.15) is 0 Å². The van der Waals surface area contributed by atoms with Crippen molar-refractivity contribution in [2.75, 3.05) is 4.90 Å². The zero-order valence-corrected chi connectivity index (χ0v) is 24.5. The van der Waals surface area contributed by atoms with Gasteiger partial charge < -0.3 is 9.47 Å². The normalized spacial score (nSPS) is 22.6. The third-order valence-electron chi connectivity index (χ3n) is 8.24. The number of ether oxygens (including phenoxy) is 2. The van der Waals surface area contributed by atoms with Gasteiger partial charge in [0.15, 0.2) is 0 Å². The third kappa shape index (κ3) is 4.69. The average Bonchev–Trinajstić information content (AvgIpc) is 3.54. The second-order valence-electron chi connectivity index (χ2n) is 12.1. The molecule has 6 rings (SSSR count). The lowest BCUT2D eigenvalue weighted by Crippen LogP contribution is -2.39. The number of benzene rings is 3. The van der Waals surface area contributed by atoms with Crippen molar-refractivity contribution in [3.8, 4) is 11.1 Å². The lowest BCUT2D eigenvalue weighted by molar-refractivity contribution is -0.125. The van der Waals surface area contributed by atoms with Crippen LogP contribution in [-0.4, -0.2) is 34.6 Å². The first-order valence-electron chi connectivity index (χ1n) is 14.2. The monoisotopic (exact) mass is 562 g/mol. The van der Waals surface area contributed by atoms with Crippen LogP contribution in [0.1, 0.15) is 51.8 Å². The highest BCUT2D eigenvalue weighted by Gasteiger charge is 2.53. The van der Waals surface area contributed by atoms with E-state index in [1.165, 1.54) is 11.2 Å². The average molecular weight is 563 g/mol. The van der Waals surface area contributed by atoms with Crippen LogP contribution in [0, 0.1) is 5.92 Å². The quantitative estimate of drug-likeness (QED) is 0.254. The number of fused-ring (bicyclic) bond motifs is 3. The molecule has 2 aliphatic heterocycles. The number of carbonyl (C=O) groups is 3. The summed E-state index contributed by atoms with van der Waals surface area (Å²) in [5.41, 5.74) is 5.85. The number of hydrogen-bond acceptors (Lipinski definition) is 5. The highest BCUT2D eigenvalue weighted by molar-refractivity contribution is 6.09. The number of imide groups is 1. The summed E-state index contributed by atoms with van der Waals surface area (Å²) in [6, 6.07) is 25.2. The molecule has 0 radical (unpaired) electrons. The van der Waals surface area contributed by atoms with Crippen molar-refractivity contribution in [2.45, 2.75) is 58.9 Å². The van der Waals surface area contributed by atoms with E-state index >= 15 is 0 Å². The fourth-order valence-corrected chi connectivity index (χ4v) is 6.08. The van der Waals surface area contributed by atoms with Gasteiger partial charge in [0.05, 0.1) is 17.9 Å². The maximum absolute atomic E-state index is 13.8. The van der Waals surface area contributed by atoms with E-state index in [1.54, 1.807) is 32.6 Å². The molecule has 3 aliphatic rings. The van der Waals surface area contributed by atoms with Gasteiger partial charge in [0.25, 0.3) is 11.8 Å². The lowest BCUT2D eigenvalue weighted by atomic mass is 9.97. The Morgan fingerprint density at radius 3 is 2.19 bits per heavy atom. The van der Waals surface area contributed by atoms with Gasteiger partial charge in [0, 0.05) is 17.2 Å². The van der Waals surface area contributed by atoms with Crippen LogP contribution < -0.4 is 4.90 Å². The number of amides is 3. The minimum Gasteiger partial charge on any atom is -0.473 e. The minimum atomic E-state index is -0.756. The summed E-state index contributed by atoms with van der Waals surface area (Å²) in [6.07, 6.45) is 0.661. The van der Waals surface area contributed by atoms with E-state index in [2.05, 4.69) is 0 Å². The molecule has 42 heavy (non-hydrogen) atoms. The molecule has 7 heteroatoms. The highest BCUT2D eigenvalue weighted by Crippen LogP contribution is 2.50. The molecule has 3 atom stereocenters.